The lowest BCUT2D eigenvalue weighted by molar-refractivity contribution is -0.161. The number of allylic oxidation sites excluding steroid dienone is 16. The maximum Gasteiger partial charge on any atom is 0.472 e. The van der Waals surface area contributed by atoms with Crippen LogP contribution in [0.2, 0.25) is 0 Å². The van der Waals surface area contributed by atoms with Gasteiger partial charge in [0, 0.05) is 19.3 Å². The highest BCUT2D eigenvalue weighted by Crippen LogP contribution is 2.43. The molecule has 0 spiro atoms. The highest BCUT2D eigenvalue weighted by molar-refractivity contribution is 7.47. The third-order valence-electron chi connectivity index (χ3n) is 11.0. The van der Waals surface area contributed by atoms with E-state index in [0.29, 0.717) is 19.3 Å². The molecule has 3 unspecified atom stereocenters. The van der Waals surface area contributed by atoms with Crippen molar-refractivity contribution in [3.63, 3.8) is 0 Å². The highest BCUT2D eigenvalue weighted by Gasteiger charge is 2.28. The van der Waals surface area contributed by atoms with E-state index < -0.39 is 57.8 Å². The molecule has 0 bridgehead atoms. The number of aliphatic hydroxyl groups excluding tert-OH is 1. The number of phosphoric ester groups is 1. The van der Waals surface area contributed by atoms with Gasteiger partial charge in [-0.1, -0.05) is 176 Å². The van der Waals surface area contributed by atoms with Gasteiger partial charge in [0.1, 0.15) is 12.7 Å². The minimum Gasteiger partial charge on any atom is -0.462 e. The summed E-state index contributed by atoms with van der Waals surface area (Å²) in [6.07, 6.45) is 59.5. The SMILES string of the molecule is CC/C=C\C/C=C\C/C=C\C/C=C\CCCCC(=O)OCC(COP(=O)(O)OCC(CO)OC(=O)CCCCC/C=C\C/C=C\C/C=C\CC)OC(=O)CCCCCCC/C=C\CCCCCCCC. The van der Waals surface area contributed by atoms with Crippen molar-refractivity contribution >= 4 is 25.7 Å². The second-order valence-electron chi connectivity index (χ2n) is 17.6. The molecule has 0 saturated carbocycles. The molecule has 12 heteroatoms. The van der Waals surface area contributed by atoms with Crippen LogP contribution in [0.3, 0.4) is 0 Å². The quantitative estimate of drug-likeness (QED) is 0.0197. The normalized spacial score (nSPS) is 14.2. The summed E-state index contributed by atoms with van der Waals surface area (Å²) in [5.41, 5.74) is 0. The van der Waals surface area contributed by atoms with Crippen LogP contribution in [0.5, 0.6) is 0 Å². The zero-order valence-electron chi connectivity index (χ0n) is 43.9. The maximum atomic E-state index is 12.9. The first-order valence-electron chi connectivity index (χ1n) is 27.1. The number of unbranched alkanes of at least 4 members (excludes halogenated alkanes) is 16. The molecule has 11 nitrogen and oxygen atoms in total. The number of ether oxygens (including phenoxy) is 3. The monoisotopic (exact) mass is 1000 g/mol. The third-order valence-corrected chi connectivity index (χ3v) is 11.9. The lowest BCUT2D eigenvalue weighted by atomic mass is 10.1. The third kappa shape index (κ3) is 49.4. The Labute approximate surface area is 425 Å². The van der Waals surface area contributed by atoms with Crippen LogP contribution in [0.15, 0.2) is 97.2 Å². The Kier molecular flexibility index (Phi) is 49.1. The zero-order valence-corrected chi connectivity index (χ0v) is 44.8. The molecule has 400 valence electrons. The summed E-state index contributed by atoms with van der Waals surface area (Å²) in [5, 5.41) is 9.78. The summed E-state index contributed by atoms with van der Waals surface area (Å²) >= 11 is 0. The number of carbonyl (C=O) groups is 3. The molecule has 0 aliphatic carbocycles. The standard InChI is InChI=1S/C58H97O11P/c1-4-7-10-13-16-19-22-25-27-30-32-35-38-41-44-47-56(60)65-51-55(69-58(62)49-46-43-40-37-34-31-28-26-23-20-17-14-11-8-5-2)53-67-70(63,64)66-52-54(50-59)68-57(61)48-45-42-39-36-33-29-24-21-18-15-12-9-6-3/h7,9-10,12,16,18-19,21,25-29,32-33,35,54-55,59H,4-6,8,11,13-15,17,20,22-24,30-31,34,36-53H2,1-3H3,(H,63,64)/b10-7-,12-9-,19-16-,21-18-,27-25-,28-26-,33-29-,35-32-. The van der Waals surface area contributed by atoms with Gasteiger partial charge in [0.15, 0.2) is 6.10 Å². The van der Waals surface area contributed by atoms with Crippen molar-refractivity contribution in [1.29, 1.82) is 0 Å². The second-order valence-corrected chi connectivity index (χ2v) is 19.1. The van der Waals surface area contributed by atoms with Crippen LogP contribution >= 0.6 is 7.82 Å². The number of hydrogen-bond donors (Lipinski definition) is 2. The number of carbonyl (C=O) groups excluding carboxylic acids is 3. The largest absolute Gasteiger partial charge is 0.472 e. The lowest BCUT2D eigenvalue weighted by Gasteiger charge is -2.21. The summed E-state index contributed by atoms with van der Waals surface area (Å²) < 4.78 is 39.3. The van der Waals surface area contributed by atoms with Gasteiger partial charge in [0.05, 0.1) is 19.8 Å². The van der Waals surface area contributed by atoms with E-state index in [2.05, 4.69) is 118 Å². The molecule has 0 fully saturated rings. The summed E-state index contributed by atoms with van der Waals surface area (Å²) in [4.78, 5) is 48.4. The fraction of sp³-hybridized carbons (Fsp3) is 0.672. The van der Waals surface area contributed by atoms with Crippen molar-refractivity contribution in [1.82, 2.24) is 0 Å². The van der Waals surface area contributed by atoms with Crippen LogP contribution in [0, 0.1) is 0 Å². The van der Waals surface area contributed by atoms with Gasteiger partial charge in [-0.2, -0.15) is 0 Å². The molecule has 0 rings (SSSR count). The number of aliphatic hydroxyl groups is 1. The molecule has 0 aliphatic rings. The Morgan fingerprint density at radius 3 is 1.20 bits per heavy atom. The Morgan fingerprint density at radius 1 is 0.414 bits per heavy atom. The van der Waals surface area contributed by atoms with Gasteiger partial charge in [-0.15, -0.1) is 0 Å². The fourth-order valence-electron chi connectivity index (χ4n) is 6.88. The van der Waals surface area contributed by atoms with Gasteiger partial charge in [0.25, 0.3) is 0 Å². The average Bonchev–Trinajstić information content (AvgIpc) is 3.35. The van der Waals surface area contributed by atoms with E-state index in [9.17, 15) is 28.9 Å². The number of hydrogen-bond acceptors (Lipinski definition) is 10. The van der Waals surface area contributed by atoms with Gasteiger partial charge < -0.3 is 24.2 Å². The average molecular weight is 1000 g/mol. The first kappa shape index (κ1) is 66.4. The van der Waals surface area contributed by atoms with E-state index in [1.165, 1.54) is 38.5 Å². The Balaban J connectivity index is 4.85. The van der Waals surface area contributed by atoms with Crippen LogP contribution in [0.1, 0.15) is 213 Å². The Morgan fingerprint density at radius 2 is 0.743 bits per heavy atom. The van der Waals surface area contributed by atoms with E-state index >= 15 is 0 Å². The van der Waals surface area contributed by atoms with Crippen molar-refractivity contribution in [3.05, 3.63) is 97.2 Å². The van der Waals surface area contributed by atoms with Gasteiger partial charge in [-0.3, -0.25) is 23.4 Å². The lowest BCUT2D eigenvalue weighted by Crippen LogP contribution is -2.30. The van der Waals surface area contributed by atoms with Crippen LogP contribution < -0.4 is 0 Å². The van der Waals surface area contributed by atoms with Gasteiger partial charge in [0.2, 0.25) is 0 Å². The molecule has 0 radical (unpaired) electrons. The minimum absolute atomic E-state index is 0.134. The van der Waals surface area contributed by atoms with E-state index in [0.717, 1.165) is 116 Å². The van der Waals surface area contributed by atoms with Gasteiger partial charge in [-0.05, 0) is 116 Å². The molecule has 0 heterocycles. The summed E-state index contributed by atoms with van der Waals surface area (Å²) in [5.74, 6) is -1.56. The van der Waals surface area contributed by atoms with Crippen LogP contribution in [-0.2, 0) is 42.2 Å². The van der Waals surface area contributed by atoms with Crippen molar-refractivity contribution in [2.24, 2.45) is 0 Å². The molecule has 0 aromatic rings. The number of esters is 3. The second kappa shape index (κ2) is 51.7. The first-order chi connectivity index (χ1) is 34.2. The smallest absolute Gasteiger partial charge is 0.462 e. The summed E-state index contributed by atoms with van der Waals surface area (Å²) in [6, 6.07) is 0. The van der Waals surface area contributed by atoms with Crippen LogP contribution in [0.4, 0.5) is 0 Å². The molecular formula is C58H97O11P. The molecule has 0 aromatic heterocycles. The predicted octanol–water partition coefficient (Wildman–Crippen LogP) is 15.7. The van der Waals surface area contributed by atoms with Crippen molar-refractivity contribution in [3.8, 4) is 0 Å². The first-order valence-corrected chi connectivity index (χ1v) is 28.6. The maximum absolute atomic E-state index is 12.9. The van der Waals surface area contributed by atoms with E-state index in [-0.39, 0.29) is 25.9 Å². The highest BCUT2D eigenvalue weighted by atomic mass is 31.2. The number of phosphoric acid groups is 1. The molecule has 0 aromatic carbocycles. The van der Waals surface area contributed by atoms with Crippen molar-refractivity contribution in [2.45, 2.75) is 226 Å². The Bertz CT molecular complexity index is 1540. The molecule has 0 aliphatic heterocycles. The molecule has 0 saturated heterocycles. The van der Waals surface area contributed by atoms with E-state index in [1.807, 2.05) is 0 Å². The molecule has 70 heavy (non-hydrogen) atoms. The van der Waals surface area contributed by atoms with Crippen LogP contribution in [0.25, 0.3) is 0 Å². The molecular weight excluding hydrogens is 904 g/mol. The Hall–Kier alpha value is -3.60. The summed E-state index contributed by atoms with van der Waals surface area (Å²) in [6.45, 7) is 4.30. The van der Waals surface area contributed by atoms with E-state index in [1.54, 1.807) is 0 Å². The van der Waals surface area contributed by atoms with E-state index in [4.69, 9.17) is 23.3 Å². The molecule has 0 amide bonds. The zero-order chi connectivity index (χ0) is 51.3. The minimum atomic E-state index is -4.77. The van der Waals surface area contributed by atoms with Crippen molar-refractivity contribution < 1.29 is 52.2 Å². The summed E-state index contributed by atoms with van der Waals surface area (Å²) in [7, 11) is -4.77. The van der Waals surface area contributed by atoms with Gasteiger partial charge >= 0.3 is 25.7 Å². The van der Waals surface area contributed by atoms with Gasteiger partial charge in [-0.25, -0.2) is 4.57 Å². The van der Waals surface area contributed by atoms with Crippen LogP contribution in [-0.4, -0.2) is 66.5 Å². The fourth-order valence-corrected chi connectivity index (χ4v) is 7.67. The molecule has 3 atom stereocenters. The predicted molar refractivity (Wildman–Crippen MR) is 288 cm³/mol. The molecule has 2 N–H and O–H groups in total. The van der Waals surface area contributed by atoms with Crippen molar-refractivity contribution in [2.75, 3.05) is 26.4 Å². The number of rotatable bonds is 49. The topological polar surface area (TPSA) is 155 Å².